The average Bonchev–Trinajstić information content (AvgIpc) is 2.79. The van der Waals surface area contributed by atoms with E-state index in [0.29, 0.717) is 16.9 Å². The lowest BCUT2D eigenvalue weighted by atomic mass is 10.1. The van der Waals surface area contributed by atoms with Crippen LogP contribution in [0.3, 0.4) is 0 Å². The van der Waals surface area contributed by atoms with Gasteiger partial charge in [-0.25, -0.2) is 4.79 Å². The van der Waals surface area contributed by atoms with Crippen molar-refractivity contribution < 1.29 is 19.1 Å². The van der Waals surface area contributed by atoms with Gasteiger partial charge in [-0.15, -0.1) is 0 Å². The molecule has 1 atom stereocenters. The van der Waals surface area contributed by atoms with E-state index in [4.69, 9.17) is 10.5 Å². The molecule has 0 saturated carbocycles. The average molecular weight is 417 g/mol. The van der Waals surface area contributed by atoms with Gasteiger partial charge in [-0.3, -0.25) is 9.59 Å². The molecule has 0 fully saturated rings. The highest BCUT2D eigenvalue weighted by atomic mass is 16.5. The number of nitrogens with two attached hydrogens (primary N) is 1. The number of carbonyl (C=O) groups is 3. The normalized spacial score (nSPS) is 11.3. The summed E-state index contributed by atoms with van der Waals surface area (Å²) < 4.78 is 5.03. The maximum absolute atomic E-state index is 12.8. The zero-order chi connectivity index (χ0) is 22.2. The Labute approximate surface area is 180 Å². The van der Waals surface area contributed by atoms with E-state index in [1.807, 2.05) is 37.3 Å². The third-order valence-corrected chi connectivity index (χ3v) is 4.57. The van der Waals surface area contributed by atoms with Crippen LogP contribution in [0.1, 0.15) is 39.2 Å². The zero-order valence-electron chi connectivity index (χ0n) is 17.0. The minimum atomic E-state index is -0.641. The second kappa shape index (κ2) is 10.1. The lowest BCUT2D eigenvalue weighted by Crippen LogP contribution is -2.28. The Morgan fingerprint density at radius 3 is 2.26 bits per heavy atom. The van der Waals surface area contributed by atoms with Crippen LogP contribution in [0.25, 0.3) is 0 Å². The summed E-state index contributed by atoms with van der Waals surface area (Å²) in [6, 6.07) is 22.2. The highest BCUT2D eigenvalue weighted by molar-refractivity contribution is 6.04. The van der Waals surface area contributed by atoms with Crippen LogP contribution in [0.15, 0.2) is 78.9 Å². The molecule has 0 aliphatic rings. The standard InChI is InChI=1S/C24H23N3O4/c1-16(17-7-3-2-4-8-17)26-23(29)20-9-5-6-10-21(20)27-22(28)15-31-24(30)18-11-13-19(25)14-12-18/h2-14,16H,15,25H2,1H3,(H,26,29)(H,27,28)/t16-/m1/s1. The van der Waals surface area contributed by atoms with Gasteiger partial charge < -0.3 is 21.1 Å². The molecule has 0 bridgehead atoms. The summed E-state index contributed by atoms with van der Waals surface area (Å²) in [7, 11) is 0. The number of carbonyl (C=O) groups excluding carboxylic acids is 3. The van der Waals surface area contributed by atoms with Crippen LogP contribution in [0, 0.1) is 0 Å². The summed E-state index contributed by atoms with van der Waals surface area (Å²) >= 11 is 0. The SMILES string of the molecule is C[C@@H](NC(=O)c1ccccc1NC(=O)COC(=O)c1ccc(N)cc1)c1ccccc1. The summed E-state index contributed by atoms with van der Waals surface area (Å²) in [5, 5.41) is 5.54. The lowest BCUT2D eigenvalue weighted by Gasteiger charge is -2.16. The third-order valence-electron chi connectivity index (χ3n) is 4.57. The molecule has 3 aromatic carbocycles. The Morgan fingerprint density at radius 1 is 0.903 bits per heavy atom. The molecule has 0 spiro atoms. The number of hydrogen-bond donors (Lipinski definition) is 3. The van der Waals surface area contributed by atoms with Crippen LogP contribution in [0.4, 0.5) is 11.4 Å². The van der Waals surface area contributed by atoms with Crippen LogP contribution in [-0.2, 0) is 9.53 Å². The Kier molecular flexibility index (Phi) is 7.01. The summed E-state index contributed by atoms with van der Waals surface area (Å²) in [5.41, 5.74) is 8.00. The number of benzene rings is 3. The van der Waals surface area contributed by atoms with Crippen LogP contribution in [0.5, 0.6) is 0 Å². The van der Waals surface area contributed by atoms with Crippen molar-refractivity contribution in [2.24, 2.45) is 0 Å². The first-order valence-corrected chi connectivity index (χ1v) is 9.71. The van der Waals surface area contributed by atoms with E-state index >= 15 is 0 Å². The topological polar surface area (TPSA) is 111 Å². The van der Waals surface area contributed by atoms with E-state index in [-0.39, 0.29) is 17.5 Å². The molecule has 158 valence electrons. The first kappa shape index (κ1) is 21.6. The van der Waals surface area contributed by atoms with Crippen molar-refractivity contribution >= 4 is 29.2 Å². The number of rotatable bonds is 7. The van der Waals surface area contributed by atoms with Gasteiger partial charge in [0, 0.05) is 5.69 Å². The molecular weight excluding hydrogens is 394 g/mol. The van der Waals surface area contributed by atoms with Crippen molar-refractivity contribution in [1.29, 1.82) is 0 Å². The van der Waals surface area contributed by atoms with E-state index in [2.05, 4.69) is 10.6 Å². The molecule has 2 amide bonds. The number of para-hydroxylation sites is 1. The van der Waals surface area contributed by atoms with Crippen LogP contribution in [0.2, 0.25) is 0 Å². The predicted octanol–water partition coefficient (Wildman–Crippen LogP) is 3.56. The predicted molar refractivity (Wildman–Crippen MR) is 119 cm³/mol. The molecule has 0 saturated heterocycles. The van der Waals surface area contributed by atoms with E-state index in [9.17, 15) is 14.4 Å². The van der Waals surface area contributed by atoms with Crippen molar-refractivity contribution in [3.05, 3.63) is 95.6 Å². The Balaban J connectivity index is 1.60. The van der Waals surface area contributed by atoms with Gasteiger partial charge >= 0.3 is 5.97 Å². The fourth-order valence-electron chi connectivity index (χ4n) is 2.91. The van der Waals surface area contributed by atoms with Crippen LogP contribution < -0.4 is 16.4 Å². The summed E-state index contributed by atoms with van der Waals surface area (Å²) in [4.78, 5) is 37.1. The Hall–Kier alpha value is -4.13. The van der Waals surface area contributed by atoms with Crippen molar-refractivity contribution in [3.63, 3.8) is 0 Å². The number of ether oxygens (including phenoxy) is 1. The van der Waals surface area contributed by atoms with Gasteiger partial charge in [0.2, 0.25) is 0 Å². The van der Waals surface area contributed by atoms with E-state index < -0.39 is 18.5 Å². The second-order valence-electron chi connectivity index (χ2n) is 6.90. The molecule has 3 aromatic rings. The van der Waals surface area contributed by atoms with Crippen molar-refractivity contribution in [2.75, 3.05) is 17.7 Å². The van der Waals surface area contributed by atoms with Gasteiger partial charge in [0.1, 0.15) is 0 Å². The molecule has 7 heteroatoms. The smallest absolute Gasteiger partial charge is 0.338 e. The molecule has 0 radical (unpaired) electrons. The maximum atomic E-state index is 12.8. The lowest BCUT2D eigenvalue weighted by molar-refractivity contribution is -0.119. The number of nitrogen functional groups attached to an aromatic ring is 1. The highest BCUT2D eigenvalue weighted by Gasteiger charge is 2.17. The highest BCUT2D eigenvalue weighted by Crippen LogP contribution is 2.18. The zero-order valence-corrected chi connectivity index (χ0v) is 17.0. The minimum Gasteiger partial charge on any atom is -0.452 e. The summed E-state index contributed by atoms with van der Waals surface area (Å²) in [6.07, 6.45) is 0. The number of hydrogen-bond acceptors (Lipinski definition) is 5. The van der Waals surface area contributed by atoms with E-state index in [1.165, 1.54) is 12.1 Å². The minimum absolute atomic E-state index is 0.210. The molecule has 4 N–H and O–H groups in total. The number of nitrogens with one attached hydrogen (secondary N) is 2. The first-order chi connectivity index (χ1) is 14.9. The Bertz CT molecular complexity index is 1070. The van der Waals surface area contributed by atoms with E-state index in [1.54, 1.807) is 36.4 Å². The van der Waals surface area contributed by atoms with Gasteiger partial charge in [0.25, 0.3) is 11.8 Å². The Morgan fingerprint density at radius 2 is 1.55 bits per heavy atom. The molecule has 3 rings (SSSR count). The molecule has 0 unspecified atom stereocenters. The molecule has 0 aliphatic heterocycles. The van der Waals surface area contributed by atoms with E-state index in [0.717, 1.165) is 5.56 Å². The molecular formula is C24H23N3O4. The third kappa shape index (κ3) is 5.93. The largest absolute Gasteiger partial charge is 0.452 e. The fraction of sp³-hybridized carbons (Fsp3) is 0.125. The maximum Gasteiger partial charge on any atom is 0.338 e. The van der Waals surface area contributed by atoms with Gasteiger partial charge in [-0.1, -0.05) is 42.5 Å². The fourth-order valence-corrected chi connectivity index (χ4v) is 2.91. The second-order valence-corrected chi connectivity index (χ2v) is 6.90. The van der Waals surface area contributed by atoms with Gasteiger partial charge in [-0.05, 0) is 48.9 Å². The summed E-state index contributed by atoms with van der Waals surface area (Å²) in [6.45, 7) is 1.39. The molecule has 0 aliphatic carbocycles. The molecule has 0 aromatic heterocycles. The van der Waals surface area contributed by atoms with Gasteiger partial charge in [0.05, 0.1) is 22.9 Å². The van der Waals surface area contributed by atoms with Crippen LogP contribution in [-0.4, -0.2) is 24.4 Å². The van der Waals surface area contributed by atoms with Crippen molar-refractivity contribution in [1.82, 2.24) is 5.32 Å². The van der Waals surface area contributed by atoms with Gasteiger partial charge in [-0.2, -0.15) is 0 Å². The number of amides is 2. The number of esters is 1. The van der Waals surface area contributed by atoms with Crippen molar-refractivity contribution in [2.45, 2.75) is 13.0 Å². The monoisotopic (exact) mass is 417 g/mol. The molecule has 7 nitrogen and oxygen atoms in total. The van der Waals surface area contributed by atoms with Gasteiger partial charge in [0.15, 0.2) is 6.61 Å². The first-order valence-electron chi connectivity index (χ1n) is 9.71. The quantitative estimate of drug-likeness (QED) is 0.402. The molecule has 0 heterocycles. The molecule has 31 heavy (non-hydrogen) atoms. The summed E-state index contributed by atoms with van der Waals surface area (Å²) in [5.74, 6) is -1.52. The van der Waals surface area contributed by atoms with Crippen molar-refractivity contribution in [3.8, 4) is 0 Å². The van der Waals surface area contributed by atoms with Crippen LogP contribution >= 0.6 is 0 Å². The number of anilines is 2.